The molecular weight excluding hydrogens is 791 g/mol. The van der Waals surface area contributed by atoms with Gasteiger partial charge < -0.3 is 39.4 Å². The molecule has 4 aromatic rings. The lowest BCUT2D eigenvalue weighted by Gasteiger charge is -2.34. The summed E-state index contributed by atoms with van der Waals surface area (Å²) in [5.41, 5.74) is 7.42. The molecule has 0 radical (unpaired) electrons. The van der Waals surface area contributed by atoms with Gasteiger partial charge in [-0.15, -0.1) is 0 Å². The van der Waals surface area contributed by atoms with Crippen LogP contribution < -0.4 is 20.4 Å². The Hall–Kier alpha value is -4.85. The highest BCUT2D eigenvalue weighted by Crippen LogP contribution is 2.37. The van der Waals surface area contributed by atoms with E-state index in [9.17, 15) is 14.4 Å². The maximum atomic E-state index is 12.6. The van der Waals surface area contributed by atoms with Crippen LogP contribution in [0.15, 0.2) is 54.9 Å². The highest BCUT2D eigenvalue weighted by molar-refractivity contribution is 5.94. The average Bonchev–Trinajstić information content (AvgIpc) is 3.71. The van der Waals surface area contributed by atoms with Crippen LogP contribution in [0.1, 0.15) is 102 Å². The van der Waals surface area contributed by atoms with Gasteiger partial charge in [0.2, 0.25) is 18.3 Å². The lowest BCUT2D eigenvalue weighted by molar-refractivity contribution is -0.122. The number of aldehydes is 1. The van der Waals surface area contributed by atoms with Gasteiger partial charge in [0.15, 0.2) is 0 Å². The van der Waals surface area contributed by atoms with Crippen molar-refractivity contribution in [2.75, 3.05) is 88.7 Å². The molecule has 0 spiro atoms. The maximum Gasteiger partial charge on any atom is 0.242 e. The number of fused-ring (bicyclic) bond motifs is 1. The van der Waals surface area contributed by atoms with Crippen LogP contribution >= 0.6 is 0 Å². The number of hydrogen-bond donors (Lipinski definition) is 2. The number of anilines is 3. The zero-order chi connectivity index (χ0) is 44.6. The normalized spacial score (nSPS) is 15.7. The molecule has 2 aromatic carbocycles. The second-order valence-corrected chi connectivity index (χ2v) is 17.6. The van der Waals surface area contributed by atoms with E-state index in [1.54, 1.807) is 14.1 Å². The lowest BCUT2D eigenvalue weighted by atomic mass is 9.95. The molecule has 63 heavy (non-hydrogen) atoms. The molecule has 3 heterocycles. The van der Waals surface area contributed by atoms with Crippen molar-refractivity contribution in [3.05, 3.63) is 66.0 Å². The van der Waals surface area contributed by atoms with E-state index in [1.165, 1.54) is 53.7 Å². The Labute approximate surface area is 375 Å². The number of ether oxygens (including phenoxy) is 1. The molecule has 1 unspecified atom stereocenters. The molecule has 2 N–H and O–H groups in total. The Morgan fingerprint density at radius 1 is 0.921 bits per heavy atom. The quantitative estimate of drug-likeness (QED) is 0.0505. The third-order valence-corrected chi connectivity index (χ3v) is 13.4. The summed E-state index contributed by atoms with van der Waals surface area (Å²) in [6.07, 6.45) is 18.0. The summed E-state index contributed by atoms with van der Waals surface area (Å²) < 4.78 is 8.50. The van der Waals surface area contributed by atoms with Crippen LogP contribution in [0.4, 0.5) is 17.3 Å². The van der Waals surface area contributed by atoms with Crippen LogP contribution in [0.2, 0.25) is 0 Å². The van der Waals surface area contributed by atoms with E-state index < -0.39 is 6.04 Å². The van der Waals surface area contributed by atoms with Gasteiger partial charge in [-0.2, -0.15) is 4.98 Å². The Balaban J connectivity index is 0.930. The largest absolute Gasteiger partial charge is 0.381 e. The molecule has 2 amide bonds. The molecule has 2 fully saturated rings. The van der Waals surface area contributed by atoms with E-state index in [1.807, 2.05) is 36.3 Å². The van der Waals surface area contributed by atoms with E-state index in [2.05, 4.69) is 69.3 Å². The van der Waals surface area contributed by atoms with E-state index in [-0.39, 0.29) is 12.3 Å². The van der Waals surface area contributed by atoms with Crippen LogP contribution in [-0.4, -0.2) is 123 Å². The number of benzene rings is 2. The number of nitrogens with zero attached hydrogens (tertiary/aromatic N) is 7. The maximum absolute atomic E-state index is 12.6. The average molecular weight is 864 g/mol. The summed E-state index contributed by atoms with van der Waals surface area (Å²) >= 11 is 0. The lowest BCUT2D eigenvalue weighted by Crippen LogP contribution is -2.46. The molecule has 13 heteroatoms. The first-order valence-corrected chi connectivity index (χ1v) is 23.7. The van der Waals surface area contributed by atoms with Crippen molar-refractivity contribution in [1.82, 2.24) is 29.7 Å². The van der Waals surface area contributed by atoms with Crippen molar-refractivity contribution in [1.29, 1.82) is 0 Å². The molecule has 1 aliphatic carbocycles. The summed E-state index contributed by atoms with van der Waals surface area (Å²) in [5, 5.41) is 7.37. The van der Waals surface area contributed by atoms with Crippen molar-refractivity contribution in [3.8, 4) is 11.1 Å². The van der Waals surface area contributed by atoms with Gasteiger partial charge in [-0.05, 0) is 73.3 Å². The van der Waals surface area contributed by atoms with Gasteiger partial charge in [0.1, 0.15) is 18.0 Å². The number of carbonyl (C=O) groups is 3. The Bertz CT molecular complexity index is 2040. The summed E-state index contributed by atoms with van der Waals surface area (Å²) in [7, 11) is 5.13. The van der Waals surface area contributed by atoms with Gasteiger partial charge in [0, 0.05) is 116 Å². The van der Waals surface area contributed by atoms with Gasteiger partial charge in [-0.1, -0.05) is 76.3 Å². The number of carbonyl (C=O) groups excluding carboxylic acids is 3. The summed E-state index contributed by atoms with van der Waals surface area (Å²) in [5.74, 6) is 1.20. The summed E-state index contributed by atoms with van der Waals surface area (Å²) in [4.78, 5) is 53.9. The van der Waals surface area contributed by atoms with Gasteiger partial charge in [-0.3, -0.25) is 14.5 Å². The standard InChI is InChI=1S/C50H73N9O4/c1-6-38(7-2)33-52-50-53-34-43-44(36-59(48(43)54-50)42-15-9-8-10-16-42)41-21-18-40(19-22-41)35-58-27-25-57(26-28-58)24-13-31-63-30-12-14-39-20-23-45(47(32-39)55(4)37-61)56(5)46(17-11-29-60)49(62)51-3/h18-23,29,32,34,36-38,42,46H,6-17,24-28,30-31,33,35H2,1-5H3,(H,51,62)(H,52,53,54). The molecule has 1 atom stereocenters. The minimum Gasteiger partial charge on any atom is -0.381 e. The molecule has 6 rings (SSSR count). The Morgan fingerprint density at radius 2 is 1.63 bits per heavy atom. The van der Waals surface area contributed by atoms with Gasteiger partial charge >= 0.3 is 0 Å². The first-order chi connectivity index (χ1) is 30.8. The second kappa shape index (κ2) is 24.3. The van der Waals surface area contributed by atoms with Crippen LogP contribution in [-0.2, 0) is 32.1 Å². The zero-order valence-electron chi connectivity index (χ0n) is 38.7. The van der Waals surface area contributed by atoms with Gasteiger partial charge in [-0.25, -0.2) is 4.98 Å². The number of aryl methyl sites for hydroxylation is 1. The number of piperazine rings is 1. The number of likely N-dealkylation sites (N-methyl/N-ethyl adjacent to an activating group) is 2. The number of rotatable bonds is 25. The second-order valence-electron chi connectivity index (χ2n) is 17.6. The SMILES string of the molecule is CCC(CC)CNc1ncc2c(-c3ccc(CN4CCN(CCCOCCCc5ccc(N(C)C(CCC=O)C(=O)NC)c(N(C)C=O)c5)CC4)cc3)cn(C3CCCCC3)c2n1. The first-order valence-electron chi connectivity index (χ1n) is 23.7. The fourth-order valence-electron chi connectivity index (χ4n) is 9.31. The van der Waals surface area contributed by atoms with Crippen LogP contribution in [0.3, 0.4) is 0 Å². The van der Waals surface area contributed by atoms with E-state index >= 15 is 0 Å². The number of nitrogens with one attached hydrogen (secondary N) is 2. The molecule has 342 valence electrons. The predicted molar refractivity (Wildman–Crippen MR) is 256 cm³/mol. The van der Waals surface area contributed by atoms with Crippen LogP contribution in [0.25, 0.3) is 22.2 Å². The zero-order valence-corrected chi connectivity index (χ0v) is 38.7. The van der Waals surface area contributed by atoms with Gasteiger partial charge in [0.25, 0.3) is 0 Å². The molecule has 1 saturated carbocycles. The minimum absolute atomic E-state index is 0.170. The molecule has 1 saturated heterocycles. The van der Waals surface area contributed by atoms with Crippen molar-refractivity contribution >= 4 is 47.0 Å². The van der Waals surface area contributed by atoms with Crippen LogP contribution in [0.5, 0.6) is 0 Å². The predicted octanol–water partition coefficient (Wildman–Crippen LogP) is 7.73. The van der Waals surface area contributed by atoms with Crippen molar-refractivity contribution in [3.63, 3.8) is 0 Å². The monoisotopic (exact) mass is 864 g/mol. The third kappa shape index (κ3) is 12.9. The number of aromatic nitrogens is 3. The third-order valence-electron chi connectivity index (χ3n) is 13.4. The molecular formula is C50H73N9O4. The van der Waals surface area contributed by atoms with E-state index in [0.29, 0.717) is 25.0 Å². The Kier molecular flexibility index (Phi) is 18.4. The Morgan fingerprint density at radius 3 is 2.33 bits per heavy atom. The highest BCUT2D eigenvalue weighted by atomic mass is 16.5. The smallest absolute Gasteiger partial charge is 0.242 e. The molecule has 2 aromatic heterocycles. The summed E-state index contributed by atoms with van der Waals surface area (Å²) in [6.45, 7) is 13.1. The number of hydrogen-bond acceptors (Lipinski definition) is 10. The fourth-order valence-corrected chi connectivity index (χ4v) is 9.31. The van der Waals surface area contributed by atoms with Crippen molar-refractivity contribution in [2.45, 2.75) is 110 Å². The minimum atomic E-state index is -0.527. The molecule has 13 nitrogen and oxygen atoms in total. The van der Waals surface area contributed by atoms with Gasteiger partial charge in [0.05, 0.1) is 11.4 Å². The first kappa shape index (κ1) is 47.6. The molecule has 0 bridgehead atoms. The number of amides is 2. The molecule has 1 aliphatic heterocycles. The van der Waals surface area contributed by atoms with E-state index in [0.717, 1.165) is 131 Å². The summed E-state index contributed by atoms with van der Waals surface area (Å²) in [6, 6.07) is 15.1. The van der Waals surface area contributed by atoms with Crippen molar-refractivity contribution < 1.29 is 19.1 Å². The topological polar surface area (TPSA) is 128 Å². The van der Waals surface area contributed by atoms with Crippen LogP contribution in [0, 0.1) is 5.92 Å². The van der Waals surface area contributed by atoms with E-state index in [4.69, 9.17) is 14.7 Å². The molecule has 2 aliphatic rings. The van der Waals surface area contributed by atoms with Crippen molar-refractivity contribution in [2.24, 2.45) is 5.92 Å². The highest BCUT2D eigenvalue weighted by Gasteiger charge is 2.26. The fraction of sp³-hybridized carbons (Fsp3) is 0.580.